The van der Waals surface area contributed by atoms with Crippen LogP contribution in [0, 0.1) is 0 Å². The van der Waals surface area contributed by atoms with Crippen LogP contribution < -0.4 is 10.3 Å². The van der Waals surface area contributed by atoms with Crippen molar-refractivity contribution in [2.75, 3.05) is 13.1 Å². The number of benzene rings is 1. The number of nitrogens with zero attached hydrogens (tertiary/aromatic N) is 2. The molecular formula is C30H36F2N2O4. The molecular weight excluding hydrogens is 490 g/mol. The summed E-state index contributed by atoms with van der Waals surface area (Å²) >= 11 is 0. The van der Waals surface area contributed by atoms with Gasteiger partial charge >= 0.3 is 0 Å². The average molecular weight is 527 g/mol. The van der Waals surface area contributed by atoms with Crippen LogP contribution in [0.3, 0.4) is 0 Å². The van der Waals surface area contributed by atoms with E-state index in [2.05, 4.69) is 15.9 Å². The van der Waals surface area contributed by atoms with Gasteiger partial charge in [0, 0.05) is 55.5 Å². The summed E-state index contributed by atoms with van der Waals surface area (Å²) in [6, 6.07) is 7.63. The quantitative estimate of drug-likeness (QED) is 0.297. The van der Waals surface area contributed by atoms with Crippen LogP contribution in [0.2, 0.25) is 0 Å². The van der Waals surface area contributed by atoms with Crippen LogP contribution in [-0.2, 0) is 18.0 Å². The van der Waals surface area contributed by atoms with Crippen LogP contribution in [-0.4, -0.2) is 33.9 Å². The Morgan fingerprint density at radius 1 is 1.08 bits per heavy atom. The summed E-state index contributed by atoms with van der Waals surface area (Å²) < 4.78 is 36.5. The maximum absolute atomic E-state index is 14.9. The average Bonchev–Trinajstić information content (AvgIpc) is 3.71. The summed E-state index contributed by atoms with van der Waals surface area (Å²) in [5.41, 5.74) is 3.72. The summed E-state index contributed by atoms with van der Waals surface area (Å²) in [6.07, 6.45) is 8.40. The summed E-state index contributed by atoms with van der Waals surface area (Å²) in [6.45, 7) is 6.36. The Morgan fingerprint density at radius 2 is 1.84 bits per heavy atom. The number of hydrogen-bond donors (Lipinski definition) is 1. The van der Waals surface area contributed by atoms with E-state index in [1.165, 1.54) is 12.1 Å². The van der Waals surface area contributed by atoms with Gasteiger partial charge in [0.25, 0.3) is 5.56 Å². The number of halogens is 2. The molecule has 6 nitrogen and oxygen atoms in total. The van der Waals surface area contributed by atoms with Gasteiger partial charge < -0.3 is 9.30 Å². The molecule has 204 valence electrons. The molecule has 1 N–H and O–H groups in total. The van der Waals surface area contributed by atoms with Crippen LogP contribution in [0.25, 0.3) is 0 Å². The van der Waals surface area contributed by atoms with Gasteiger partial charge in [0.2, 0.25) is 0 Å². The predicted octanol–water partition coefficient (Wildman–Crippen LogP) is 6.53. The maximum atomic E-state index is 14.9. The van der Waals surface area contributed by atoms with Gasteiger partial charge in [-0.3, -0.25) is 15.0 Å². The Balaban J connectivity index is 1.34. The van der Waals surface area contributed by atoms with E-state index in [0.29, 0.717) is 24.4 Å². The molecule has 2 aromatic rings. The summed E-state index contributed by atoms with van der Waals surface area (Å²) in [5, 5.41) is 8.64. The number of rotatable bonds is 9. The third-order valence-corrected chi connectivity index (χ3v) is 7.77. The van der Waals surface area contributed by atoms with Crippen molar-refractivity contribution in [3.05, 3.63) is 86.9 Å². The molecule has 5 rings (SSSR count). The van der Waals surface area contributed by atoms with Gasteiger partial charge in [-0.15, -0.1) is 0 Å². The van der Waals surface area contributed by atoms with Crippen molar-refractivity contribution >= 4 is 0 Å². The third-order valence-electron chi connectivity index (χ3n) is 7.77. The van der Waals surface area contributed by atoms with Crippen molar-refractivity contribution < 1.29 is 23.7 Å². The molecule has 2 heterocycles. The minimum atomic E-state index is -0.511. The second-order valence-corrected chi connectivity index (χ2v) is 11.0. The van der Waals surface area contributed by atoms with Gasteiger partial charge in [0.15, 0.2) is 0 Å². The van der Waals surface area contributed by atoms with E-state index in [4.69, 9.17) is 9.99 Å². The minimum Gasteiger partial charge on any atom is -0.491 e. The van der Waals surface area contributed by atoms with E-state index >= 15 is 0 Å². The number of allylic oxidation sites excluding steroid dienone is 4. The molecule has 1 aliphatic heterocycles. The first kappa shape index (κ1) is 26.8. The lowest BCUT2D eigenvalue weighted by atomic mass is 9.85. The van der Waals surface area contributed by atoms with Crippen LogP contribution in [0.15, 0.2) is 59.1 Å². The normalized spacial score (nSPS) is 20.9. The molecule has 3 aliphatic rings. The fourth-order valence-corrected chi connectivity index (χ4v) is 5.70. The summed E-state index contributed by atoms with van der Waals surface area (Å²) in [4.78, 5) is 19.1. The van der Waals surface area contributed by atoms with Crippen LogP contribution in [0.1, 0.15) is 86.1 Å². The van der Waals surface area contributed by atoms with Gasteiger partial charge in [-0.05, 0) is 86.8 Å². The van der Waals surface area contributed by atoms with Crippen LogP contribution in [0.5, 0.6) is 5.75 Å². The number of hydrogen-bond acceptors (Lipinski definition) is 5. The highest BCUT2D eigenvalue weighted by Crippen LogP contribution is 2.48. The monoisotopic (exact) mass is 526 g/mol. The molecule has 2 fully saturated rings. The van der Waals surface area contributed by atoms with E-state index < -0.39 is 17.6 Å². The van der Waals surface area contributed by atoms with E-state index in [1.54, 1.807) is 16.8 Å². The maximum Gasteiger partial charge on any atom is 0.251 e. The van der Waals surface area contributed by atoms with Crippen molar-refractivity contribution in [1.29, 1.82) is 0 Å². The fraction of sp³-hybridized carbons (Fsp3) is 0.500. The highest BCUT2D eigenvalue weighted by molar-refractivity contribution is 5.50. The lowest BCUT2D eigenvalue weighted by molar-refractivity contribution is -0.253. The molecule has 8 heteroatoms. The third kappa shape index (κ3) is 6.08. The molecule has 1 aromatic carbocycles. The molecule has 1 saturated heterocycles. The molecule has 1 saturated carbocycles. The Bertz CT molecular complexity index is 1270. The van der Waals surface area contributed by atoms with Crippen LogP contribution >= 0.6 is 0 Å². The lowest BCUT2D eigenvalue weighted by Gasteiger charge is -2.33. The van der Waals surface area contributed by atoms with Crippen molar-refractivity contribution in [2.24, 2.45) is 0 Å². The molecule has 2 aliphatic carbocycles. The minimum absolute atomic E-state index is 0.00575. The first-order chi connectivity index (χ1) is 18.3. The van der Waals surface area contributed by atoms with E-state index in [0.717, 1.165) is 67.3 Å². The van der Waals surface area contributed by atoms with Crippen molar-refractivity contribution in [3.63, 3.8) is 0 Å². The van der Waals surface area contributed by atoms with Gasteiger partial charge in [-0.1, -0.05) is 6.07 Å². The molecule has 1 aromatic heterocycles. The van der Waals surface area contributed by atoms with Crippen LogP contribution in [0.4, 0.5) is 8.78 Å². The van der Waals surface area contributed by atoms with Crippen molar-refractivity contribution in [3.8, 4) is 5.75 Å². The lowest BCUT2D eigenvalue weighted by Crippen LogP contribution is -2.37. The zero-order valence-corrected chi connectivity index (χ0v) is 22.0. The van der Waals surface area contributed by atoms with Gasteiger partial charge in [-0.2, -0.15) is 0 Å². The number of ether oxygens (including phenoxy) is 1. The number of piperidine rings is 1. The predicted molar refractivity (Wildman–Crippen MR) is 142 cm³/mol. The highest BCUT2D eigenvalue weighted by atomic mass is 19.1. The smallest absolute Gasteiger partial charge is 0.251 e. The zero-order chi connectivity index (χ0) is 26.8. The zero-order valence-electron chi connectivity index (χ0n) is 22.0. The topological polar surface area (TPSA) is 63.9 Å². The number of aromatic nitrogens is 1. The van der Waals surface area contributed by atoms with Crippen molar-refractivity contribution in [1.82, 2.24) is 9.47 Å². The van der Waals surface area contributed by atoms with Gasteiger partial charge in [0.1, 0.15) is 24.0 Å². The number of pyridine rings is 1. The molecule has 0 radical (unpaired) electrons. The SMILES string of the molecule is CC(C)Oc1cc(C2CC=C(F)C=C2F)c(C2CC2)cc1CN1CCC(n2ccc(COO)cc2=O)CC1. The Labute approximate surface area is 222 Å². The fourth-order valence-electron chi connectivity index (χ4n) is 5.70. The summed E-state index contributed by atoms with van der Waals surface area (Å²) in [5.74, 6) is -0.232. The number of likely N-dealkylation sites (tertiary alicyclic amines) is 1. The standard InChI is InChI=1S/C30H36F2N2O4/c1-19(2)38-29-16-27(25-6-5-23(31)15-28(25)32)26(21-3-4-21)14-22(29)17-33-10-8-24(9-11-33)34-12-7-20(18-37-36)13-30(34)35/h5,7,12-16,19,21,24-25,36H,3-4,6,8-11,17-18H2,1-2H3. The summed E-state index contributed by atoms with van der Waals surface area (Å²) in [7, 11) is 0. The molecule has 38 heavy (non-hydrogen) atoms. The molecule has 1 unspecified atom stereocenters. The molecule has 0 amide bonds. The van der Waals surface area contributed by atoms with E-state index in [9.17, 15) is 13.6 Å². The van der Waals surface area contributed by atoms with Crippen molar-refractivity contribution in [2.45, 2.75) is 83.1 Å². The first-order valence-electron chi connectivity index (χ1n) is 13.6. The molecule has 0 bridgehead atoms. The Morgan fingerprint density at radius 3 is 2.47 bits per heavy atom. The Kier molecular flexibility index (Phi) is 8.12. The van der Waals surface area contributed by atoms with E-state index in [1.807, 2.05) is 19.9 Å². The molecule has 1 atom stereocenters. The second kappa shape index (κ2) is 11.5. The molecule has 0 spiro atoms. The second-order valence-electron chi connectivity index (χ2n) is 11.0. The highest BCUT2D eigenvalue weighted by Gasteiger charge is 2.33. The van der Waals surface area contributed by atoms with Gasteiger partial charge in [-0.25, -0.2) is 13.7 Å². The van der Waals surface area contributed by atoms with E-state index in [-0.39, 0.29) is 24.3 Å². The first-order valence-corrected chi connectivity index (χ1v) is 13.6. The van der Waals surface area contributed by atoms with Gasteiger partial charge in [0.05, 0.1) is 6.10 Å². The largest absolute Gasteiger partial charge is 0.491 e. The Hall–Kier alpha value is -2.81.